The van der Waals surface area contributed by atoms with Crippen molar-refractivity contribution < 1.29 is 14.1 Å². The lowest BCUT2D eigenvalue weighted by molar-refractivity contribution is -0.140. The van der Waals surface area contributed by atoms with Gasteiger partial charge in [-0.3, -0.25) is 4.79 Å². The van der Waals surface area contributed by atoms with Crippen molar-refractivity contribution in [3.63, 3.8) is 0 Å². The second-order valence-corrected chi connectivity index (χ2v) is 7.48. The SMILES string of the molecule is CCCCC(CC)C(=O)N1CCCCC1c1nc(-c2ccc(OC)cc2)no1. The highest BCUT2D eigenvalue weighted by Gasteiger charge is 2.34. The van der Waals surface area contributed by atoms with Crippen LogP contribution in [0.15, 0.2) is 28.8 Å². The number of unbranched alkanes of at least 4 members (excludes halogenated alkanes) is 1. The number of likely N-dealkylation sites (tertiary alicyclic amines) is 1. The maximum absolute atomic E-state index is 13.2. The molecule has 6 nitrogen and oxygen atoms in total. The summed E-state index contributed by atoms with van der Waals surface area (Å²) in [4.78, 5) is 19.8. The lowest BCUT2D eigenvalue weighted by atomic mass is 9.94. The Morgan fingerprint density at radius 3 is 2.75 bits per heavy atom. The standard InChI is InChI=1S/C22H31N3O3/c1-4-6-9-16(5-2)22(26)25-15-8-7-10-19(25)21-23-20(24-28-21)17-11-13-18(27-3)14-12-17/h11-14,16,19H,4-10,15H2,1-3H3. The predicted octanol–water partition coefficient (Wildman–Crippen LogP) is 5.02. The number of amides is 1. The van der Waals surface area contributed by atoms with Gasteiger partial charge in [0.2, 0.25) is 17.6 Å². The molecule has 2 heterocycles. The summed E-state index contributed by atoms with van der Waals surface area (Å²) in [7, 11) is 1.64. The lowest BCUT2D eigenvalue weighted by Gasteiger charge is -2.35. The maximum atomic E-state index is 13.2. The smallest absolute Gasteiger partial charge is 0.249 e. The van der Waals surface area contributed by atoms with Gasteiger partial charge in [0.15, 0.2) is 0 Å². The summed E-state index contributed by atoms with van der Waals surface area (Å²) >= 11 is 0. The highest BCUT2D eigenvalue weighted by atomic mass is 16.5. The zero-order valence-corrected chi connectivity index (χ0v) is 17.2. The second-order valence-electron chi connectivity index (χ2n) is 7.48. The van der Waals surface area contributed by atoms with Crippen LogP contribution in [0.3, 0.4) is 0 Å². The van der Waals surface area contributed by atoms with Crippen LogP contribution in [0.4, 0.5) is 0 Å². The Balaban J connectivity index is 1.78. The zero-order valence-electron chi connectivity index (χ0n) is 17.2. The molecule has 0 aliphatic carbocycles. The summed E-state index contributed by atoms with van der Waals surface area (Å²) < 4.78 is 10.8. The monoisotopic (exact) mass is 385 g/mol. The average Bonchev–Trinajstić information content (AvgIpc) is 3.24. The van der Waals surface area contributed by atoms with E-state index in [9.17, 15) is 4.79 Å². The molecule has 1 aliphatic heterocycles. The number of nitrogens with zero attached hydrogens (tertiary/aromatic N) is 3. The van der Waals surface area contributed by atoms with Crippen LogP contribution in [0.1, 0.15) is 70.7 Å². The molecule has 0 radical (unpaired) electrons. The van der Waals surface area contributed by atoms with Crippen LogP contribution in [0.2, 0.25) is 0 Å². The van der Waals surface area contributed by atoms with E-state index in [0.717, 1.165) is 62.8 Å². The Bertz CT molecular complexity index is 757. The Morgan fingerprint density at radius 2 is 2.07 bits per heavy atom. The van der Waals surface area contributed by atoms with Crippen LogP contribution >= 0.6 is 0 Å². The predicted molar refractivity (Wildman–Crippen MR) is 108 cm³/mol. The average molecular weight is 386 g/mol. The maximum Gasteiger partial charge on any atom is 0.249 e. The lowest BCUT2D eigenvalue weighted by Crippen LogP contribution is -2.42. The van der Waals surface area contributed by atoms with Crippen LogP contribution in [0.25, 0.3) is 11.4 Å². The normalized spacial score (nSPS) is 18.1. The number of hydrogen-bond acceptors (Lipinski definition) is 5. The summed E-state index contributed by atoms with van der Waals surface area (Å²) in [5.74, 6) is 2.21. The van der Waals surface area contributed by atoms with E-state index >= 15 is 0 Å². The highest BCUT2D eigenvalue weighted by molar-refractivity contribution is 5.79. The largest absolute Gasteiger partial charge is 0.497 e. The topological polar surface area (TPSA) is 68.5 Å². The molecular formula is C22H31N3O3. The van der Waals surface area contributed by atoms with E-state index in [1.807, 2.05) is 29.2 Å². The molecule has 6 heteroatoms. The quantitative estimate of drug-likeness (QED) is 0.638. The molecule has 1 amide bonds. The number of methoxy groups -OCH3 is 1. The van der Waals surface area contributed by atoms with Gasteiger partial charge in [0, 0.05) is 18.0 Å². The molecule has 28 heavy (non-hydrogen) atoms. The van der Waals surface area contributed by atoms with Gasteiger partial charge in [-0.1, -0.05) is 31.8 Å². The van der Waals surface area contributed by atoms with E-state index in [0.29, 0.717) is 11.7 Å². The number of hydrogen-bond donors (Lipinski definition) is 0. The molecule has 0 bridgehead atoms. The van der Waals surface area contributed by atoms with Gasteiger partial charge in [0.1, 0.15) is 11.8 Å². The van der Waals surface area contributed by atoms with Gasteiger partial charge in [-0.05, 0) is 56.4 Å². The number of ether oxygens (including phenoxy) is 1. The van der Waals surface area contributed by atoms with Crippen LogP contribution in [0, 0.1) is 5.92 Å². The van der Waals surface area contributed by atoms with Crippen LogP contribution < -0.4 is 4.74 Å². The van der Waals surface area contributed by atoms with Gasteiger partial charge in [0.25, 0.3) is 0 Å². The molecule has 3 rings (SSSR count). The number of carbonyl (C=O) groups excluding carboxylic acids is 1. The molecule has 0 saturated carbocycles. The van der Waals surface area contributed by atoms with Crippen LogP contribution in [-0.4, -0.2) is 34.6 Å². The fraction of sp³-hybridized carbons (Fsp3) is 0.591. The third kappa shape index (κ3) is 4.54. The van der Waals surface area contributed by atoms with Gasteiger partial charge >= 0.3 is 0 Å². The van der Waals surface area contributed by atoms with Crippen molar-refractivity contribution in [1.82, 2.24) is 15.0 Å². The Hall–Kier alpha value is -2.37. The molecule has 2 unspecified atom stereocenters. The first-order chi connectivity index (χ1) is 13.7. The van der Waals surface area contributed by atoms with Gasteiger partial charge < -0.3 is 14.2 Å². The molecule has 1 aromatic heterocycles. The van der Waals surface area contributed by atoms with Crippen molar-refractivity contribution in [3.8, 4) is 17.1 Å². The Kier molecular flexibility index (Phi) is 7.06. The van der Waals surface area contributed by atoms with Crippen molar-refractivity contribution in [1.29, 1.82) is 0 Å². The molecule has 2 aromatic rings. The number of carbonyl (C=O) groups is 1. The number of benzene rings is 1. The van der Waals surface area contributed by atoms with Crippen LogP contribution in [-0.2, 0) is 4.79 Å². The van der Waals surface area contributed by atoms with Crippen molar-refractivity contribution in [2.45, 2.75) is 64.8 Å². The van der Waals surface area contributed by atoms with E-state index in [1.54, 1.807) is 7.11 Å². The molecule has 0 spiro atoms. The Labute approximate surface area is 167 Å². The molecule has 1 saturated heterocycles. The fourth-order valence-electron chi connectivity index (χ4n) is 3.87. The molecule has 1 fully saturated rings. The molecular weight excluding hydrogens is 354 g/mol. The van der Waals surface area contributed by atoms with Gasteiger partial charge in [-0.2, -0.15) is 4.98 Å². The van der Waals surface area contributed by atoms with E-state index in [2.05, 4.69) is 24.0 Å². The minimum Gasteiger partial charge on any atom is -0.497 e. The second kappa shape index (κ2) is 9.71. The van der Waals surface area contributed by atoms with E-state index in [4.69, 9.17) is 9.26 Å². The zero-order chi connectivity index (χ0) is 19.9. The van der Waals surface area contributed by atoms with E-state index in [-0.39, 0.29) is 17.9 Å². The number of piperidine rings is 1. The number of aromatic nitrogens is 2. The van der Waals surface area contributed by atoms with Crippen LogP contribution in [0.5, 0.6) is 5.75 Å². The van der Waals surface area contributed by atoms with E-state index < -0.39 is 0 Å². The number of rotatable bonds is 8. The van der Waals surface area contributed by atoms with Crippen molar-refractivity contribution in [2.75, 3.05) is 13.7 Å². The first-order valence-electron chi connectivity index (χ1n) is 10.5. The van der Waals surface area contributed by atoms with Crippen molar-refractivity contribution in [3.05, 3.63) is 30.2 Å². The van der Waals surface area contributed by atoms with Crippen molar-refractivity contribution in [2.24, 2.45) is 5.92 Å². The summed E-state index contributed by atoms with van der Waals surface area (Å²) in [6, 6.07) is 7.46. The molecule has 1 aromatic carbocycles. The molecule has 1 aliphatic rings. The van der Waals surface area contributed by atoms with Crippen molar-refractivity contribution >= 4 is 5.91 Å². The third-order valence-corrected chi connectivity index (χ3v) is 5.61. The minimum atomic E-state index is -0.114. The van der Waals surface area contributed by atoms with E-state index in [1.165, 1.54) is 0 Å². The van der Waals surface area contributed by atoms with Gasteiger partial charge in [-0.25, -0.2) is 0 Å². The Morgan fingerprint density at radius 1 is 1.29 bits per heavy atom. The summed E-state index contributed by atoms with van der Waals surface area (Å²) in [6.07, 6.45) is 7.01. The summed E-state index contributed by atoms with van der Waals surface area (Å²) in [5.41, 5.74) is 0.874. The molecule has 0 N–H and O–H groups in total. The first-order valence-corrected chi connectivity index (χ1v) is 10.5. The fourth-order valence-corrected chi connectivity index (χ4v) is 3.87. The highest BCUT2D eigenvalue weighted by Crippen LogP contribution is 2.33. The minimum absolute atomic E-state index is 0.0875. The molecule has 2 atom stereocenters. The van der Waals surface area contributed by atoms with Gasteiger partial charge in [-0.15, -0.1) is 0 Å². The summed E-state index contributed by atoms with van der Waals surface area (Å²) in [5, 5.41) is 4.16. The van der Waals surface area contributed by atoms with Gasteiger partial charge in [0.05, 0.1) is 7.11 Å². The third-order valence-electron chi connectivity index (χ3n) is 5.61. The summed E-state index contributed by atoms with van der Waals surface area (Å²) in [6.45, 7) is 5.04. The first kappa shape index (κ1) is 20.4. The molecule has 152 valence electrons.